The van der Waals surface area contributed by atoms with Crippen molar-refractivity contribution in [1.29, 1.82) is 0 Å². The van der Waals surface area contributed by atoms with Crippen molar-refractivity contribution in [2.45, 2.75) is 134 Å². The molecule has 0 bridgehead atoms. The number of carbonyl (C=O) groups excluding carboxylic acids is 1. The fourth-order valence-corrected chi connectivity index (χ4v) is 4.84. The van der Waals surface area contributed by atoms with Gasteiger partial charge in [-0.25, -0.2) is 4.79 Å². The molecule has 2 atom stereocenters. The minimum absolute atomic E-state index is 0.209. The molecule has 39 heavy (non-hydrogen) atoms. The number of hydrogen-bond donors (Lipinski definition) is 4. The molecule has 0 aromatic carbocycles. The van der Waals surface area contributed by atoms with Crippen LogP contribution in [0.3, 0.4) is 0 Å². The van der Waals surface area contributed by atoms with E-state index in [2.05, 4.69) is 6.92 Å². The van der Waals surface area contributed by atoms with Crippen molar-refractivity contribution < 1.29 is 52.3 Å². The second-order valence-electron chi connectivity index (χ2n) is 9.91. The van der Waals surface area contributed by atoms with Crippen LogP contribution in [-0.2, 0) is 34.1 Å². The molecule has 0 amide bonds. The van der Waals surface area contributed by atoms with Gasteiger partial charge in [0, 0.05) is 6.54 Å². The Morgan fingerprint density at radius 1 is 0.667 bits per heavy atom. The lowest BCUT2D eigenvalue weighted by Gasteiger charge is -2.27. The lowest BCUT2D eigenvalue weighted by Crippen LogP contribution is -2.47. The van der Waals surface area contributed by atoms with Crippen molar-refractivity contribution in [3.05, 3.63) is 0 Å². The normalized spacial score (nSPS) is 13.2. The minimum atomic E-state index is -5.17. The molecule has 0 aliphatic heterocycles. The van der Waals surface area contributed by atoms with Gasteiger partial charge >= 0.3 is 23.9 Å². The minimum Gasteiger partial charge on any atom is -0.481 e. The van der Waals surface area contributed by atoms with Crippen molar-refractivity contribution >= 4 is 34.0 Å². The Labute approximate surface area is 231 Å². The highest BCUT2D eigenvalue weighted by Crippen LogP contribution is 2.16. The van der Waals surface area contributed by atoms with E-state index < -0.39 is 58.1 Å². The molecular formula is C26H47NO11S. The molecule has 0 saturated heterocycles. The van der Waals surface area contributed by atoms with Crippen LogP contribution in [0.25, 0.3) is 0 Å². The third-order valence-corrected chi connectivity index (χ3v) is 7.50. The van der Waals surface area contributed by atoms with Gasteiger partial charge in [0.05, 0.1) is 12.8 Å². The highest BCUT2D eigenvalue weighted by Gasteiger charge is 2.39. The molecule has 13 heteroatoms. The molecule has 0 rings (SSSR count). The van der Waals surface area contributed by atoms with Crippen LogP contribution in [0, 0.1) is 0 Å². The number of unbranched alkanes of at least 4 members (excludes halogenated alkanes) is 15. The molecule has 4 N–H and O–H groups in total. The Morgan fingerprint density at radius 2 is 1.05 bits per heavy atom. The quantitative estimate of drug-likeness (QED) is 0.0627. The summed E-state index contributed by atoms with van der Waals surface area (Å²) in [5.74, 6) is -6.53. The molecule has 0 aliphatic carbocycles. The Hall–Kier alpha value is -2.25. The first-order valence-electron chi connectivity index (χ1n) is 14.0. The SMILES string of the molecule is CCCCCCCCCCCCCCCCCCN(OC(=O)C(CC(=O)O)S(=O)(=O)O)C(CC(=O)O)C(=O)O. The van der Waals surface area contributed by atoms with Crippen LogP contribution in [0.1, 0.15) is 122 Å². The van der Waals surface area contributed by atoms with Gasteiger partial charge < -0.3 is 20.2 Å². The summed E-state index contributed by atoms with van der Waals surface area (Å²) in [5.41, 5.74) is 0. The van der Waals surface area contributed by atoms with Gasteiger partial charge in [-0.2, -0.15) is 8.42 Å². The van der Waals surface area contributed by atoms with E-state index in [-0.39, 0.29) is 6.54 Å². The molecule has 0 spiro atoms. The highest BCUT2D eigenvalue weighted by atomic mass is 32.2. The summed E-state index contributed by atoms with van der Waals surface area (Å²) >= 11 is 0. The van der Waals surface area contributed by atoms with Gasteiger partial charge in [0.1, 0.15) is 0 Å². The van der Waals surface area contributed by atoms with Gasteiger partial charge in [-0.15, -0.1) is 5.06 Å². The van der Waals surface area contributed by atoms with Crippen molar-refractivity contribution in [3.8, 4) is 0 Å². The molecular weight excluding hydrogens is 534 g/mol. The molecule has 12 nitrogen and oxygen atoms in total. The highest BCUT2D eigenvalue weighted by molar-refractivity contribution is 7.87. The first kappa shape index (κ1) is 36.8. The van der Waals surface area contributed by atoms with E-state index in [1.807, 2.05) is 0 Å². The average molecular weight is 582 g/mol. The summed E-state index contributed by atoms with van der Waals surface area (Å²) in [5, 5.41) is 25.4. The second-order valence-corrected chi connectivity index (χ2v) is 11.5. The Bertz CT molecular complexity index is 832. The summed E-state index contributed by atoms with van der Waals surface area (Å²) in [4.78, 5) is 50.8. The van der Waals surface area contributed by atoms with Crippen LogP contribution >= 0.6 is 0 Å². The van der Waals surface area contributed by atoms with E-state index in [4.69, 9.17) is 15.1 Å². The van der Waals surface area contributed by atoms with Crippen molar-refractivity contribution in [2.75, 3.05) is 6.54 Å². The number of carboxylic acids is 3. The van der Waals surface area contributed by atoms with Gasteiger partial charge in [0.15, 0.2) is 11.3 Å². The first-order chi connectivity index (χ1) is 18.4. The van der Waals surface area contributed by atoms with Crippen LogP contribution in [0.15, 0.2) is 0 Å². The summed E-state index contributed by atoms with van der Waals surface area (Å²) in [6, 6.07) is -1.82. The Morgan fingerprint density at radius 3 is 1.38 bits per heavy atom. The van der Waals surface area contributed by atoms with E-state index in [1.54, 1.807) is 0 Å². The third kappa shape index (κ3) is 19.5. The summed E-state index contributed by atoms with van der Waals surface area (Å²) in [6.45, 7) is 2.01. The van der Waals surface area contributed by atoms with Crippen LogP contribution in [-0.4, -0.2) is 75.1 Å². The first-order valence-corrected chi connectivity index (χ1v) is 15.5. The molecule has 2 unspecified atom stereocenters. The van der Waals surface area contributed by atoms with Crippen molar-refractivity contribution in [2.24, 2.45) is 0 Å². The second kappa shape index (κ2) is 21.6. The number of carbonyl (C=O) groups is 4. The van der Waals surface area contributed by atoms with Gasteiger partial charge in [-0.3, -0.25) is 18.9 Å². The number of hydroxylamine groups is 2. The van der Waals surface area contributed by atoms with Crippen molar-refractivity contribution in [3.63, 3.8) is 0 Å². The number of nitrogens with zero attached hydrogens (tertiary/aromatic N) is 1. The molecule has 0 saturated carbocycles. The topological polar surface area (TPSA) is 196 Å². The fourth-order valence-electron chi connectivity index (χ4n) is 4.20. The number of carboxylic acid groups (broad SMARTS) is 3. The summed E-state index contributed by atoms with van der Waals surface area (Å²) < 4.78 is 32.1. The summed E-state index contributed by atoms with van der Waals surface area (Å²) in [6.07, 6.45) is 15.5. The summed E-state index contributed by atoms with van der Waals surface area (Å²) in [7, 11) is -5.17. The van der Waals surface area contributed by atoms with Crippen molar-refractivity contribution in [1.82, 2.24) is 5.06 Å². The van der Waals surface area contributed by atoms with Crippen LogP contribution < -0.4 is 0 Å². The average Bonchev–Trinajstić information content (AvgIpc) is 2.83. The third-order valence-electron chi connectivity index (χ3n) is 6.42. The van der Waals surface area contributed by atoms with Crippen LogP contribution in [0.2, 0.25) is 0 Å². The lowest BCUT2D eigenvalue weighted by molar-refractivity contribution is -0.209. The van der Waals surface area contributed by atoms with E-state index in [0.717, 1.165) is 25.7 Å². The molecule has 0 aromatic rings. The number of hydrogen-bond acceptors (Lipinski definition) is 8. The van der Waals surface area contributed by atoms with Crippen LogP contribution in [0.5, 0.6) is 0 Å². The molecule has 0 heterocycles. The maximum absolute atomic E-state index is 12.3. The molecule has 0 fully saturated rings. The predicted octanol–water partition coefficient (Wildman–Crippen LogP) is 4.67. The standard InChI is InChI=1S/C26H47NO11S/c1-2-3-4-5-6-7-8-9-10-11-12-13-14-15-16-17-18-27(21(25(32)33)19-23(28)29)38-26(34)22(20-24(30)31)39(35,36)37/h21-22H,2-20H2,1H3,(H,28,29)(H,30,31)(H,32,33)(H,35,36,37). The largest absolute Gasteiger partial charge is 0.481 e. The van der Waals surface area contributed by atoms with Gasteiger partial charge in [-0.05, 0) is 6.42 Å². The van der Waals surface area contributed by atoms with Gasteiger partial charge in [0.2, 0.25) is 0 Å². The molecule has 0 aliphatic rings. The Balaban J connectivity index is 4.52. The molecule has 0 radical (unpaired) electrons. The fraction of sp³-hybridized carbons (Fsp3) is 0.846. The Kier molecular flexibility index (Phi) is 20.3. The lowest BCUT2D eigenvalue weighted by atomic mass is 10.0. The zero-order chi connectivity index (χ0) is 29.7. The van der Waals surface area contributed by atoms with Crippen LogP contribution in [0.4, 0.5) is 0 Å². The van der Waals surface area contributed by atoms with Gasteiger partial charge in [-0.1, -0.05) is 103 Å². The zero-order valence-electron chi connectivity index (χ0n) is 23.1. The van der Waals surface area contributed by atoms with E-state index in [9.17, 15) is 37.3 Å². The molecule has 0 aromatic heterocycles. The maximum Gasteiger partial charge on any atom is 0.346 e. The van der Waals surface area contributed by atoms with E-state index in [0.29, 0.717) is 17.9 Å². The number of aliphatic carboxylic acids is 3. The van der Waals surface area contributed by atoms with E-state index in [1.165, 1.54) is 64.2 Å². The monoisotopic (exact) mass is 581 g/mol. The smallest absolute Gasteiger partial charge is 0.346 e. The number of rotatable bonds is 26. The van der Waals surface area contributed by atoms with E-state index >= 15 is 0 Å². The predicted molar refractivity (Wildman–Crippen MR) is 144 cm³/mol. The maximum atomic E-state index is 12.3. The van der Waals surface area contributed by atoms with Gasteiger partial charge in [0.25, 0.3) is 10.1 Å². The zero-order valence-corrected chi connectivity index (χ0v) is 23.9. The molecule has 228 valence electrons.